The van der Waals surface area contributed by atoms with Crippen molar-refractivity contribution >= 4 is 5.82 Å². The third-order valence-corrected chi connectivity index (χ3v) is 4.58. The standard InChI is InChI=1S/C17H27N5/c1-3-4-11-21-14(2)12-17(20-21)18-13-16-9-10-19-22(16)15-7-5-6-8-15/h9-10,12,15H,3-8,11,13H2,1-2H3,(H,18,20). The summed E-state index contributed by atoms with van der Waals surface area (Å²) in [5.41, 5.74) is 2.48. The summed E-state index contributed by atoms with van der Waals surface area (Å²) in [5.74, 6) is 0.966. The van der Waals surface area contributed by atoms with Crippen LogP contribution in [-0.2, 0) is 13.1 Å². The van der Waals surface area contributed by atoms with E-state index in [2.05, 4.69) is 50.9 Å². The predicted molar refractivity (Wildman–Crippen MR) is 88.9 cm³/mol. The number of unbranched alkanes of at least 4 members (excludes halogenated alkanes) is 1. The van der Waals surface area contributed by atoms with E-state index in [1.165, 1.54) is 49.9 Å². The van der Waals surface area contributed by atoms with Gasteiger partial charge in [0.1, 0.15) is 5.82 Å². The Morgan fingerprint density at radius 3 is 2.91 bits per heavy atom. The number of hydrogen-bond donors (Lipinski definition) is 1. The molecular formula is C17H27N5. The zero-order valence-electron chi connectivity index (χ0n) is 13.8. The minimum Gasteiger partial charge on any atom is -0.363 e. The SMILES string of the molecule is CCCCn1nc(NCc2ccnn2C2CCCC2)cc1C. The van der Waals surface area contributed by atoms with Gasteiger partial charge in [-0.25, -0.2) is 0 Å². The molecule has 1 aliphatic rings. The first-order valence-electron chi connectivity index (χ1n) is 8.58. The van der Waals surface area contributed by atoms with Crippen molar-refractivity contribution in [3.8, 4) is 0 Å². The molecule has 1 fully saturated rings. The number of hydrogen-bond acceptors (Lipinski definition) is 3. The number of aryl methyl sites for hydroxylation is 2. The number of nitrogens with one attached hydrogen (secondary N) is 1. The van der Waals surface area contributed by atoms with Gasteiger partial charge in [0.25, 0.3) is 0 Å². The molecule has 5 nitrogen and oxygen atoms in total. The Bertz CT molecular complexity index is 592. The van der Waals surface area contributed by atoms with Crippen molar-refractivity contribution < 1.29 is 0 Å². The van der Waals surface area contributed by atoms with Crippen LogP contribution in [0.15, 0.2) is 18.3 Å². The van der Waals surface area contributed by atoms with Crippen LogP contribution >= 0.6 is 0 Å². The molecule has 0 bridgehead atoms. The van der Waals surface area contributed by atoms with Crippen molar-refractivity contribution in [1.82, 2.24) is 19.6 Å². The quantitative estimate of drug-likeness (QED) is 0.843. The lowest BCUT2D eigenvalue weighted by molar-refractivity contribution is 0.452. The molecule has 5 heteroatoms. The highest BCUT2D eigenvalue weighted by atomic mass is 15.3. The highest BCUT2D eigenvalue weighted by Crippen LogP contribution is 2.29. The van der Waals surface area contributed by atoms with Gasteiger partial charge in [-0.1, -0.05) is 26.2 Å². The van der Waals surface area contributed by atoms with Gasteiger partial charge in [-0.2, -0.15) is 10.2 Å². The van der Waals surface area contributed by atoms with Crippen LogP contribution in [0.4, 0.5) is 5.82 Å². The van der Waals surface area contributed by atoms with E-state index < -0.39 is 0 Å². The van der Waals surface area contributed by atoms with E-state index in [-0.39, 0.29) is 0 Å². The maximum absolute atomic E-state index is 4.65. The fraction of sp³-hybridized carbons (Fsp3) is 0.647. The van der Waals surface area contributed by atoms with Gasteiger partial charge in [0.05, 0.1) is 18.3 Å². The molecule has 3 rings (SSSR count). The summed E-state index contributed by atoms with van der Waals surface area (Å²) in [6.07, 6.45) is 9.48. The number of rotatable bonds is 7. The Hall–Kier alpha value is -1.78. The van der Waals surface area contributed by atoms with Crippen molar-refractivity contribution in [2.45, 2.75) is 71.5 Å². The third-order valence-electron chi connectivity index (χ3n) is 4.58. The molecule has 0 unspecified atom stereocenters. The average molecular weight is 301 g/mol. The Morgan fingerprint density at radius 2 is 2.14 bits per heavy atom. The van der Waals surface area contributed by atoms with E-state index in [1.54, 1.807) is 0 Å². The highest BCUT2D eigenvalue weighted by molar-refractivity contribution is 5.36. The maximum Gasteiger partial charge on any atom is 0.148 e. The molecule has 1 aliphatic carbocycles. The van der Waals surface area contributed by atoms with E-state index in [9.17, 15) is 0 Å². The molecule has 0 saturated heterocycles. The molecule has 0 atom stereocenters. The van der Waals surface area contributed by atoms with Gasteiger partial charge in [-0.3, -0.25) is 9.36 Å². The Balaban J connectivity index is 1.62. The normalized spacial score (nSPS) is 15.5. The smallest absolute Gasteiger partial charge is 0.148 e. The van der Waals surface area contributed by atoms with Crippen LogP contribution in [-0.4, -0.2) is 19.6 Å². The van der Waals surface area contributed by atoms with Gasteiger partial charge in [0.2, 0.25) is 0 Å². The second-order valence-electron chi connectivity index (χ2n) is 6.31. The summed E-state index contributed by atoms with van der Waals surface area (Å²) in [7, 11) is 0. The lowest BCUT2D eigenvalue weighted by Crippen LogP contribution is -2.13. The lowest BCUT2D eigenvalue weighted by atomic mass is 10.2. The molecule has 2 heterocycles. The molecule has 1 N–H and O–H groups in total. The summed E-state index contributed by atoms with van der Waals surface area (Å²) >= 11 is 0. The van der Waals surface area contributed by atoms with Crippen molar-refractivity contribution in [3.63, 3.8) is 0 Å². The number of anilines is 1. The largest absolute Gasteiger partial charge is 0.363 e. The van der Waals surface area contributed by atoms with Crippen molar-refractivity contribution in [1.29, 1.82) is 0 Å². The van der Waals surface area contributed by atoms with Crippen LogP contribution in [0.25, 0.3) is 0 Å². The van der Waals surface area contributed by atoms with Gasteiger partial charge in [0.15, 0.2) is 0 Å². The molecule has 0 amide bonds. The molecule has 0 radical (unpaired) electrons. The Morgan fingerprint density at radius 1 is 1.32 bits per heavy atom. The number of aromatic nitrogens is 4. The average Bonchev–Trinajstić information content (AvgIpc) is 3.23. The lowest BCUT2D eigenvalue weighted by Gasteiger charge is -2.14. The monoisotopic (exact) mass is 301 g/mol. The van der Waals surface area contributed by atoms with E-state index in [4.69, 9.17) is 0 Å². The van der Waals surface area contributed by atoms with Gasteiger partial charge in [0, 0.05) is 24.5 Å². The van der Waals surface area contributed by atoms with E-state index in [1.807, 2.05) is 6.20 Å². The molecule has 1 saturated carbocycles. The topological polar surface area (TPSA) is 47.7 Å². The zero-order chi connectivity index (χ0) is 15.4. The molecule has 2 aromatic heterocycles. The minimum atomic E-state index is 0.593. The van der Waals surface area contributed by atoms with Crippen LogP contribution in [0.1, 0.15) is 62.9 Å². The molecule has 2 aromatic rings. The second kappa shape index (κ2) is 6.99. The predicted octanol–water partition coefficient (Wildman–Crippen LogP) is 3.92. The first kappa shape index (κ1) is 15.1. The first-order valence-corrected chi connectivity index (χ1v) is 8.58. The van der Waals surface area contributed by atoms with Gasteiger partial charge < -0.3 is 5.32 Å². The van der Waals surface area contributed by atoms with E-state index >= 15 is 0 Å². The number of nitrogens with zero attached hydrogens (tertiary/aromatic N) is 4. The fourth-order valence-electron chi connectivity index (χ4n) is 3.27. The molecule has 0 aromatic carbocycles. The molecule has 0 aliphatic heterocycles. The van der Waals surface area contributed by atoms with Crippen LogP contribution in [0.5, 0.6) is 0 Å². The Labute approximate surface area is 132 Å². The highest BCUT2D eigenvalue weighted by Gasteiger charge is 2.19. The maximum atomic E-state index is 4.65. The first-order chi connectivity index (χ1) is 10.8. The van der Waals surface area contributed by atoms with E-state index in [0.29, 0.717) is 6.04 Å². The second-order valence-corrected chi connectivity index (χ2v) is 6.31. The molecule has 22 heavy (non-hydrogen) atoms. The van der Waals surface area contributed by atoms with Crippen molar-refractivity contribution in [2.75, 3.05) is 5.32 Å². The molecule has 0 spiro atoms. The summed E-state index contributed by atoms with van der Waals surface area (Å²) in [5, 5.41) is 12.6. The van der Waals surface area contributed by atoms with Crippen molar-refractivity contribution in [2.24, 2.45) is 0 Å². The van der Waals surface area contributed by atoms with E-state index in [0.717, 1.165) is 18.9 Å². The third kappa shape index (κ3) is 3.34. The van der Waals surface area contributed by atoms with Gasteiger partial charge >= 0.3 is 0 Å². The zero-order valence-corrected chi connectivity index (χ0v) is 13.8. The van der Waals surface area contributed by atoms with Crippen LogP contribution in [0.3, 0.4) is 0 Å². The van der Waals surface area contributed by atoms with Crippen LogP contribution in [0.2, 0.25) is 0 Å². The van der Waals surface area contributed by atoms with Crippen LogP contribution in [0, 0.1) is 6.92 Å². The van der Waals surface area contributed by atoms with Gasteiger partial charge in [-0.05, 0) is 32.3 Å². The summed E-state index contributed by atoms with van der Waals surface area (Å²) in [6.45, 7) is 6.13. The molecule has 120 valence electrons. The Kier molecular flexibility index (Phi) is 4.80. The van der Waals surface area contributed by atoms with Crippen molar-refractivity contribution in [3.05, 3.63) is 29.7 Å². The summed E-state index contributed by atoms with van der Waals surface area (Å²) in [6, 6.07) is 4.84. The van der Waals surface area contributed by atoms with Crippen LogP contribution < -0.4 is 5.32 Å². The summed E-state index contributed by atoms with van der Waals surface area (Å²) in [4.78, 5) is 0. The minimum absolute atomic E-state index is 0.593. The molecular weight excluding hydrogens is 274 g/mol. The van der Waals surface area contributed by atoms with Gasteiger partial charge in [-0.15, -0.1) is 0 Å². The summed E-state index contributed by atoms with van der Waals surface area (Å²) < 4.78 is 4.31. The fourth-order valence-corrected chi connectivity index (χ4v) is 3.27.